The van der Waals surface area contributed by atoms with Gasteiger partial charge in [-0.3, -0.25) is 0 Å². The molecule has 0 aliphatic heterocycles. The first-order valence-corrected chi connectivity index (χ1v) is 9.05. The molecule has 132 valence electrons. The SMILES string of the molecule is CCCCCCc1cc2ccc(OCCCCC)c(F)c2c(=O)o1. The average molecular weight is 334 g/mol. The summed E-state index contributed by atoms with van der Waals surface area (Å²) in [6.07, 6.45) is 8.12. The van der Waals surface area contributed by atoms with Crippen molar-refractivity contribution in [3.8, 4) is 5.75 Å². The van der Waals surface area contributed by atoms with Gasteiger partial charge in [-0.25, -0.2) is 9.18 Å². The largest absolute Gasteiger partial charge is 0.490 e. The van der Waals surface area contributed by atoms with Crippen molar-refractivity contribution < 1.29 is 13.5 Å². The molecule has 0 fully saturated rings. The van der Waals surface area contributed by atoms with Gasteiger partial charge in [0, 0.05) is 6.42 Å². The highest BCUT2D eigenvalue weighted by molar-refractivity contribution is 5.83. The van der Waals surface area contributed by atoms with Crippen LogP contribution in [-0.2, 0) is 6.42 Å². The van der Waals surface area contributed by atoms with E-state index in [2.05, 4.69) is 13.8 Å². The smallest absolute Gasteiger partial charge is 0.346 e. The summed E-state index contributed by atoms with van der Waals surface area (Å²) < 4.78 is 25.3. The summed E-state index contributed by atoms with van der Waals surface area (Å²) in [5.41, 5.74) is -0.616. The zero-order valence-electron chi connectivity index (χ0n) is 14.7. The molecule has 3 nitrogen and oxygen atoms in total. The number of hydrogen-bond acceptors (Lipinski definition) is 3. The molecule has 0 bridgehead atoms. The van der Waals surface area contributed by atoms with Crippen LogP contribution in [0.4, 0.5) is 4.39 Å². The lowest BCUT2D eigenvalue weighted by atomic mass is 10.1. The number of aryl methyl sites for hydroxylation is 1. The maximum Gasteiger partial charge on any atom is 0.346 e. The highest BCUT2D eigenvalue weighted by atomic mass is 19.1. The molecule has 1 heterocycles. The molecule has 0 amide bonds. The molecule has 0 saturated carbocycles. The highest BCUT2D eigenvalue weighted by Gasteiger charge is 2.14. The van der Waals surface area contributed by atoms with Gasteiger partial charge in [0.15, 0.2) is 11.6 Å². The van der Waals surface area contributed by atoms with Crippen LogP contribution in [0.15, 0.2) is 27.4 Å². The minimum absolute atomic E-state index is 0.0136. The van der Waals surface area contributed by atoms with E-state index in [0.717, 1.165) is 38.5 Å². The molecule has 24 heavy (non-hydrogen) atoms. The molecule has 2 aromatic rings. The molecule has 2 rings (SSSR count). The van der Waals surface area contributed by atoms with E-state index in [1.54, 1.807) is 18.2 Å². The van der Waals surface area contributed by atoms with Crippen LogP contribution in [0.5, 0.6) is 5.75 Å². The average Bonchev–Trinajstić information content (AvgIpc) is 2.57. The molecule has 1 aromatic carbocycles. The summed E-state index contributed by atoms with van der Waals surface area (Å²) in [6, 6.07) is 5.11. The fourth-order valence-corrected chi connectivity index (χ4v) is 2.77. The number of ether oxygens (including phenoxy) is 1. The van der Waals surface area contributed by atoms with Gasteiger partial charge in [0.2, 0.25) is 0 Å². The maximum atomic E-state index is 14.5. The van der Waals surface area contributed by atoms with Gasteiger partial charge in [-0.2, -0.15) is 0 Å². The van der Waals surface area contributed by atoms with Gasteiger partial charge in [0.1, 0.15) is 11.1 Å². The molecule has 0 aliphatic rings. The maximum absolute atomic E-state index is 14.5. The van der Waals surface area contributed by atoms with Crippen LogP contribution in [0.2, 0.25) is 0 Å². The Morgan fingerprint density at radius 2 is 1.79 bits per heavy atom. The molecule has 1 aromatic heterocycles. The topological polar surface area (TPSA) is 39.4 Å². The fourth-order valence-electron chi connectivity index (χ4n) is 2.77. The first-order chi connectivity index (χ1) is 11.7. The van der Waals surface area contributed by atoms with Gasteiger partial charge >= 0.3 is 5.63 Å². The summed E-state index contributed by atoms with van der Waals surface area (Å²) in [4.78, 5) is 12.2. The van der Waals surface area contributed by atoms with Crippen molar-refractivity contribution in [2.45, 2.75) is 65.2 Å². The summed E-state index contributed by atoms with van der Waals surface area (Å²) in [6.45, 7) is 4.71. The number of halogens is 1. The number of fused-ring (bicyclic) bond motifs is 1. The number of hydrogen-bond donors (Lipinski definition) is 0. The van der Waals surface area contributed by atoms with Crippen LogP contribution < -0.4 is 10.4 Å². The Labute approximate surface area is 142 Å². The Balaban J connectivity index is 2.15. The van der Waals surface area contributed by atoms with Crippen LogP contribution in [0.25, 0.3) is 10.8 Å². The highest BCUT2D eigenvalue weighted by Crippen LogP contribution is 2.25. The molecule has 0 atom stereocenters. The molecule has 0 saturated heterocycles. The van der Waals surface area contributed by atoms with E-state index in [9.17, 15) is 9.18 Å². The van der Waals surface area contributed by atoms with Crippen LogP contribution in [0.3, 0.4) is 0 Å². The number of benzene rings is 1. The van der Waals surface area contributed by atoms with E-state index in [0.29, 0.717) is 24.2 Å². The van der Waals surface area contributed by atoms with Crippen molar-refractivity contribution in [2.24, 2.45) is 0 Å². The molecule has 0 unspecified atom stereocenters. The van der Waals surface area contributed by atoms with Gasteiger partial charge < -0.3 is 9.15 Å². The predicted octanol–water partition coefficient (Wildman–Crippen LogP) is 5.62. The Bertz CT molecular complexity index is 706. The van der Waals surface area contributed by atoms with Gasteiger partial charge in [-0.05, 0) is 30.4 Å². The Morgan fingerprint density at radius 1 is 1.04 bits per heavy atom. The lowest BCUT2D eigenvalue weighted by molar-refractivity contribution is 0.292. The molecular formula is C20H27FO3. The van der Waals surface area contributed by atoms with Crippen molar-refractivity contribution in [3.05, 3.63) is 40.2 Å². The van der Waals surface area contributed by atoms with Crippen molar-refractivity contribution in [3.63, 3.8) is 0 Å². The van der Waals surface area contributed by atoms with Crippen LogP contribution in [0.1, 0.15) is 64.6 Å². The van der Waals surface area contributed by atoms with Crippen molar-refractivity contribution in [2.75, 3.05) is 6.61 Å². The minimum atomic E-state index is -0.616. The van der Waals surface area contributed by atoms with Crippen molar-refractivity contribution in [1.82, 2.24) is 0 Å². The Morgan fingerprint density at radius 3 is 2.54 bits per heavy atom. The predicted molar refractivity (Wildman–Crippen MR) is 95.3 cm³/mol. The van der Waals surface area contributed by atoms with E-state index in [1.807, 2.05) is 0 Å². The summed E-state index contributed by atoms with van der Waals surface area (Å²) in [5, 5.41) is 0.565. The van der Waals surface area contributed by atoms with Gasteiger partial charge in [0.25, 0.3) is 0 Å². The fraction of sp³-hybridized carbons (Fsp3) is 0.550. The van der Waals surface area contributed by atoms with Gasteiger partial charge in [-0.15, -0.1) is 0 Å². The zero-order chi connectivity index (χ0) is 17.4. The van der Waals surface area contributed by atoms with Crippen LogP contribution in [-0.4, -0.2) is 6.61 Å². The molecule has 0 radical (unpaired) electrons. The third kappa shape index (κ3) is 4.83. The van der Waals surface area contributed by atoms with E-state index in [4.69, 9.17) is 9.15 Å². The van der Waals surface area contributed by atoms with Gasteiger partial charge in [0.05, 0.1) is 6.61 Å². The molecule has 0 N–H and O–H groups in total. The molecule has 0 spiro atoms. The van der Waals surface area contributed by atoms with Crippen molar-refractivity contribution >= 4 is 10.8 Å². The van der Waals surface area contributed by atoms with E-state index in [1.165, 1.54) is 6.42 Å². The van der Waals surface area contributed by atoms with E-state index in [-0.39, 0.29) is 11.1 Å². The number of unbranched alkanes of at least 4 members (excludes halogenated alkanes) is 5. The molecule has 0 aliphatic carbocycles. The summed E-state index contributed by atoms with van der Waals surface area (Å²) in [7, 11) is 0. The lowest BCUT2D eigenvalue weighted by Gasteiger charge is -2.09. The van der Waals surface area contributed by atoms with E-state index < -0.39 is 11.4 Å². The monoisotopic (exact) mass is 334 g/mol. The van der Waals surface area contributed by atoms with Crippen LogP contribution >= 0.6 is 0 Å². The molecular weight excluding hydrogens is 307 g/mol. The first-order valence-electron chi connectivity index (χ1n) is 9.05. The van der Waals surface area contributed by atoms with E-state index >= 15 is 0 Å². The second-order valence-electron chi connectivity index (χ2n) is 6.21. The third-order valence-electron chi connectivity index (χ3n) is 4.17. The quantitative estimate of drug-likeness (QED) is 0.529. The Hall–Kier alpha value is -1.84. The minimum Gasteiger partial charge on any atom is -0.490 e. The standard InChI is InChI=1S/C20H27FO3/c1-3-5-7-8-10-16-14-15-11-12-17(23-13-9-6-4-2)19(21)18(15)20(22)24-16/h11-12,14H,3-10,13H2,1-2H3. The lowest BCUT2D eigenvalue weighted by Crippen LogP contribution is -2.07. The van der Waals surface area contributed by atoms with Gasteiger partial charge in [-0.1, -0.05) is 52.0 Å². The number of rotatable bonds is 10. The van der Waals surface area contributed by atoms with Crippen molar-refractivity contribution in [1.29, 1.82) is 0 Å². The summed E-state index contributed by atoms with van der Waals surface area (Å²) >= 11 is 0. The first kappa shape index (κ1) is 18.5. The second kappa shape index (κ2) is 9.45. The second-order valence-corrected chi connectivity index (χ2v) is 6.21. The molecule has 4 heteroatoms. The third-order valence-corrected chi connectivity index (χ3v) is 4.17. The zero-order valence-corrected chi connectivity index (χ0v) is 14.7. The summed E-state index contributed by atoms with van der Waals surface area (Å²) in [5.74, 6) is 0.136. The Kier molecular flexibility index (Phi) is 7.29. The normalized spacial score (nSPS) is 11.1. The van der Waals surface area contributed by atoms with Crippen LogP contribution in [0, 0.1) is 5.82 Å².